The average Bonchev–Trinajstić information content (AvgIpc) is 3.16. The van der Waals surface area contributed by atoms with E-state index in [-0.39, 0.29) is 11.9 Å². The molecular formula is C23H27N5O2S. The van der Waals surface area contributed by atoms with E-state index in [0.29, 0.717) is 11.8 Å². The van der Waals surface area contributed by atoms with Gasteiger partial charge in [-0.05, 0) is 55.7 Å². The van der Waals surface area contributed by atoms with E-state index < -0.39 is 5.25 Å². The lowest BCUT2D eigenvalue weighted by Gasteiger charge is -2.33. The maximum atomic E-state index is 13.3. The average molecular weight is 438 g/mol. The third kappa shape index (κ3) is 4.69. The van der Waals surface area contributed by atoms with E-state index in [1.807, 2.05) is 67.1 Å². The van der Waals surface area contributed by atoms with Crippen molar-refractivity contribution in [3.8, 4) is 5.75 Å². The van der Waals surface area contributed by atoms with Crippen LogP contribution in [0.2, 0.25) is 0 Å². The minimum atomic E-state index is -0.412. The second-order valence-corrected chi connectivity index (χ2v) is 8.60. The van der Waals surface area contributed by atoms with Crippen molar-refractivity contribution in [2.24, 2.45) is 0 Å². The zero-order chi connectivity index (χ0) is 21.8. The van der Waals surface area contributed by atoms with E-state index >= 15 is 0 Å². The largest absolute Gasteiger partial charge is 0.494 e. The number of ether oxygens (including phenoxy) is 1. The van der Waals surface area contributed by atoms with Gasteiger partial charge in [0.1, 0.15) is 11.0 Å². The van der Waals surface area contributed by atoms with Gasteiger partial charge in [-0.3, -0.25) is 4.79 Å². The Morgan fingerprint density at radius 1 is 1.19 bits per heavy atom. The molecule has 2 heterocycles. The third-order valence-electron chi connectivity index (χ3n) is 5.07. The number of benzene rings is 2. The number of nitrogens with zero attached hydrogens (tertiary/aromatic N) is 3. The monoisotopic (exact) mass is 437 g/mol. The second kappa shape index (κ2) is 9.43. The highest BCUT2D eigenvalue weighted by molar-refractivity contribution is 8.00. The van der Waals surface area contributed by atoms with Gasteiger partial charge in [0.25, 0.3) is 0 Å². The van der Waals surface area contributed by atoms with Gasteiger partial charge in [-0.15, -0.1) is 10.2 Å². The first kappa shape index (κ1) is 21.2. The second-order valence-electron chi connectivity index (χ2n) is 7.49. The lowest BCUT2D eigenvalue weighted by molar-refractivity contribution is -0.116. The quantitative estimate of drug-likeness (QED) is 0.572. The van der Waals surface area contributed by atoms with Gasteiger partial charge in [0, 0.05) is 12.1 Å². The first-order valence-electron chi connectivity index (χ1n) is 10.6. The molecule has 1 amide bonds. The van der Waals surface area contributed by atoms with Crippen LogP contribution in [0.4, 0.5) is 5.69 Å². The van der Waals surface area contributed by atoms with Crippen molar-refractivity contribution in [1.29, 1.82) is 0 Å². The molecule has 1 aliphatic rings. The number of hydrogen-bond donors (Lipinski definition) is 2. The molecular weight excluding hydrogens is 410 g/mol. The molecule has 0 fully saturated rings. The predicted octanol–water partition coefficient (Wildman–Crippen LogP) is 4.34. The summed E-state index contributed by atoms with van der Waals surface area (Å²) in [6, 6.07) is 15.5. The number of rotatable bonds is 7. The highest BCUT2D eigenvalue weighted by atomic mass is 32.2. The Morgan fingerprint density at radius 2 is 2.00 bits per heavy atom. The fourth-order valence-corrected chi connectivity index (χ4v) is 4.71. The summed E-state index contributed by atoms with van der Waals surface area (Å²) < 4.78 is 7.50. The zero-order valence-electron chi connectivity index (χ0n) is 18.0. The van der Waals surface area contributed by atoms with Gasteiger partial charge >= 0.3 is 0 Å². The van der Waals surface area contributed by atoms with Crippen molar-refractivity contribution in [3.63, 3.8) is 0 Å². The van der Waals surface area contributed by atoms with Crippen molar-refractivity contribution in [3.05, 3.63) is 65.5 Å². The molecule has 8 heteroatoms. The summed E-state index contributed by atoms with van der Waals surface area (Å²) in [5.74, 6) is 1.61. The van der Waals surface area contributed by atoms with Crippen molar-refractivity contribution < 1.29 is 9.53 Å². The predicted molar refractivity (Wildman–Crippen MR) is 123 cm³/mol. The molecule has 3 aromatic rings. The molecule has 0 aliphatic carbocycles. The molecule has 2 atom stereocenters. The van der Waals surface area contributed by atoms with Gasteiger partial charge in [0.2, 0.25) is 11.1 Å². The Kier molecular flexibility index (Phi) is 6.46. The molecule has 7 nitrogen and oxygen atoms in total. The summed E-state index contributed by atoms with van der Waals surface area (Å²) in [6.07, 6.45) is 1.78. The third-order valence-corrected chi connectivity index (χ3v) is 6.29. The summed E-state index contributed by atoms with van der Waals surface area (Å²) >= 11 is 1.44. The fraction of sp³-hybridized carbons (Fsp3) is 0.348. The minimum Gasteiger partial charge on any atom is -0.494 e. The summed E-state index contributed by atoms with van der Waals surface area (Å²) in [4.78, 5) is 13.3. The van der Waals surface area contributed by atoms with E-state index in [9.17, 15) is 4.79 Å². The summed E-state index contributed by atoms with van der Waals surface area (Å²) in [5, 5.41) is 12.0. The van der Waals surface area contributed by atoms with Crippen LogP contribution in [0.25, 0.3) is 0 Å². The van der Waals surface area contributed by atoms with Gasteiger partial charge in [0.05, 0.1) is 12.6 Å². The molecule has 4 rings (SSSR count). The number of nitrogens with one attached hydrogen (secondary N) is 2. The van der Waals surface area contributed by atoms with Crippen LogP contribution in [0.1, 0.15) is 43.3 Å². The van der Waals surface area contributed by atoms with Crippen LogP contribution in [0, 0.1) is 6.92 Å². The topological polar surface area (TPSA) is 81.1 Å². The highest BCUT2D eigenvalue weighted by Crippen LogP contribution is 2.38. The van der Waals surface area contributed by atoms with Crippen LogP contribution >= 0.6 is 11.8 Å². The SMILES string of the molecule is CCCc1nnc2n1NC(c1ccc(OCC)cc1)C(C(=O)Nc1cccc(C)c1)S2. The van der Waals surface area contributed by atoms with Crippen molar-refractivity contribution in [2.45, 2.75) is 50.1 Å². The van der Waals surface area contributed by atoms with Gasteiger partial charge in [0.15, 0.2) is 5.82 Å². The zero-order valence-corrected chi connectivity index (χ0v) is 18.8. The van der Waals surface area contributed by atoms with E-state index in [1.165, 1.54) is 11.8 Å². The molecule has 2 N–H and O–H groups in total. The smallest absolute Gasteiger partial charge is 0.240 e. The van der Waals surface area contributed by atoms with Crippen LogP contribution in [0.15, 0.2) is 53.7 Å². The Bertz CT molecular complexity index is 1050. The van der Waals surface area contributed by atoms with Gasteiger partial charge in [-0.1, -0.05) is 43.0 Å². The molecule has 1 aromatic heterocycles. The first-order valence-corrected chi connectivity index (χ1v) is 11.4. The first-order chi connectivity index (χ1) is 15.1. The molecule has 0 spiro atoms. The Balaban J connectivity index is 1.65. The van der Waals surface area contributed by atoms with E-state index in [4.69, 9.17) is 4.74 Å². The summed E-state index contributed by atoms with van der Waals surface area (Å²) in [6.45, 7) is 6.69. The minimum absolute atomic E-state index is 0.0757. The van der Waals surface area contributed by atoms with E-state index in [1.54, 1.807) is 0 Å². The Morgan fingerprint density at radius 3 is 2.71 bits per heavy atom. The number of aromatic nitrogens is 3. The molecule has 31 heavy (non-hydrogen) atoms. The van der Waals surface area contributed by atoms with Crippen LogP contribution in [-0.2, 0) is 11.2 Å². The normalized spacial score (nSPS) is 17.5. The highest BCUT2D eigenvalue weighted by Gasteiger charge is 2.37. The molecule has 1 aliphatic heterocycles. The molecule has 0 saturated heterocycles. The Labute approximate surface area is 186 Å². The van der Waals surface area contributed by atoms with Gasteiger partial charge in [-0.25, -0.2) is 4.68 Å². The number of aryl methyl sites for hydroxylation is 2. The maximum Gasteiger partial charge on any atom is 0.240 e. The molecule has 0 bridgehead atoms. The standard InChI is InChI=1S/C23H27N5O2S/c1-4-7-19-25-26-23-28(19)27-20(16-10-12-18(13-11-16)30-5-2)21(31-23)22(29)24-17-9-6-8-15(3)14-17/h6,8-14,20-21,27H,4-5,7H2,1-3H3,(H,24,29). The number of hydrogen-bond acceptors (Lipinski definition) is 6. The molecule has 0 radical (unpaired) electrons. The fourth-order valence-electron chi connectivity index (χ4n) is 3.61. The van der Waals surface area contributed by atoms with Crippen LogP contribution in [0.5, 0.6) is 5.75 Å². The molecule has 0 saturated carbocycles. The lowest BCUT2D eigenvalue weighted by Crippen LogP contribution is -2.41. The van der Waals surface area contributed by atoms with Crippen LogP contribution in [0.3, 0.4) is 0 Å². The number of thioether (sulfide) groups is 1. The summed E-state index contributed by atoms with van der Waals surface area (Å²) in [5.41, 5.74) is 6.38. The van der Waals surface area contributed by atoms with Gasteiger partial charge < -0.3 is 15.5 Å². The summed E-state index contributed by atoms with van der Waals surface area (Å²) in [7, 11) is 0. The lowest BCUT2D eigenvalue weighted by atomic mass is 10.0. The Hall–Kier alpha value is -3.00. The maximum absolute atomic E-state index is 13.3. The van der Waals surface area contributed by atoms with Gasteiger partial charge in [-0.2, -0.15) is 0 Å². The van der Waals surface area contributed by atoms with Crippen molar-refractivity contribution >= 4 is 23.4 Å². The molecule has 162 valence electrons. The number of carbonyl (C=O) groups is 1. The number of carbonyl (C=O) groups excluding carboxylic acids is 1. The van der Waals surface area contributed by atoms with E-state index in [0.717, 1.165) is 41.2 Å². The molecule has 2 unspecified atom stereocenters. The number of fused-ring (bicyclic) bond motifs is 1. The van der Waals surface area contributed by atoms with E-state index in [2.05, 4.69) is 27.9 Å². The number of anilines is 1. The van der Waals surface area contributed by atoms with Crippen LogP contribution in [-0.4, -0.2) is 32.6 Å². The van der Waals surface area contributed by atoms with Crippen molar-refractivity contribution in [2.75, 3.05) is 17.3 Å². The molecule has 2 aromatic carbocycles. The van der Waals surface area contributed by atoms with Crippen LogP contribution < -0.4 is 15.5 Å². The number of amides is 1. The van der Waals surface area contributed by atoms with Crippen molar-refractivity contribution in [1.82, 2.24) is 14.9 Å².